The van der Waals surface area contributed by atoms with Gasteiger partial charge < -0.3 is 5.32 Å². The molecule has 0 spiro atoms. The SMILES string of the molecule is N#CC(=Cc1cnc(-c2ccccc2)nc1)C(=O)Nc1c(Cl)cccc1Cl. The summed E-state index contributed by atoms with van der Waals surface area (Å²) in [5.41, 5.74) is 1.52. The summed E-state index contributed by atoms with van der Waals surface area (Å²) in [5.74, 6) is -0.0711. The molecule has 0 fully saturated rings. The monoisotopic (exact) mass is 394 g/mol. The summed E-state index contributed by atoms with van der Waals surface area (Å²) in [6, 6.07) is 16.2. The van der Waals surface area contributed by atoms with E-state index in [-0.39, 0.29) is 21.3 Å². The second kappa shape index (κ2) is 8.45. The van der Waals surface area contributed by atoms with Crippen molar-refractivity contribution in [2.24, 2.45) is 0 Å². The highest BCUT2D eigenvalue weighted by atomic mass is 35.5. The van der Waals surface area contributed by atoms with Crippen LogP contribution in [0.1, 0.15) is 5.56 Å². The van der Waals surface area contributed by atoms with Crippen molar-refractivity contribution in [2.45, 2.75) is 0 Å². The molecule has 0 bridgehead atoms. The number of hydrogen-bond donors (Lipinski definition) is 1. The molecule has 0 saturated carbocycles. The summed E-state index contributed by atoms with van der Waals surface area (Å²) in [7, 11) is 0. The Labute approximate surface area is 165 Å². The molecule has 0 aliphatic rings. The number of amides is 1. The summed E-state index contributed by atoms with van der Waals surface area (Å²) in [4.78, 5) is 20.9. The van der Waals surface area contributed by atoms with Gasteiger partial charge >= 0.3 is 0 Å². The maximum absolute atomic E-state index is 12.4. The molecule has 27 heavy (non-hydrogen) atoms. The lowest BCUT2D eigenvalue weighted by Gasteiger charge is -2.08. The summed E-state index contributed by atoms with van der Waals surface area (Å²) in [6.07, 6.45) is 4.49. The van der Waals surface area contributed by atoms with Crippen LogP contribution in [0.25, 0.3) is 17.5 Å². The lowest BCUT2D eigenvalue weighted by atomic mass is 10.1. The highest BCUT2D eigenvalue weighted by Gasteiger charge is 2.14. The number of halogens is 2. The van der Waals surface area contributed by atoms with Crippen LogP contribution in [-0.2, 0) is 4.79 Å². The van der Waals surface area contributed by atoms with E-state index in [1.807, 2.05) is 36.4 Å². The Hall–Kier alpha value is -3.20. The van der Waals surface area contributed by atoms with Gasteiger partial charge in [0, 0.05) is 23.5 Å². The Morgan fingerprint density at radius 3 is 2.22 bits per heavy atom. The first-order valence-corrected chi connectivity index (χ1v) is 8.58. The zero-order valence-electron chi connectivity index (χ0n) is 13.9. The number of aromatic nitrogens is 2. The molecule has 0 saturated heterocycles. The average Bonchev–Trinajstić information content (AvgIpc) is 2.70. The number of nitrogens with zero attached hydrogens (tertiary/aromatic N) is 3. The van der Waals surface area contributed by atoms with Crippen LogP contribution in [0.5, 0.6) is 0 Å². The maximum atomic E-state index is 12.4. The van der Waals surface area contributed by atoms with Crippen LogP contribution in [0.4, 0.5) is 5.69 Å². The van der Waals surface area contributed by atoms with E-state index in [0.717, 1.165) is 5.56 Å². The minimum atomic E-state index is -0.625. The first kappa shape index (κ1) is 18.6. The molecule has 0 unspecified atom stereocenters. The van der Waals surface area contributed by atoms with E-state index in [4.69, 9.17) is 23.2 Å². The summed E-state index contributed by atoms with van der Waals surface area (Å²) >= 11 is 12.1. The molecule has 5 nitrogen and oxygen atoms in total. The predicted octanol–water partition coefficient (Wildman–Crippen LogP) is 5.00. The number of hydrogen-bond acceptors (Lipinski definition) is 4. The number of para-hydroxylation sites is 1. The van der Waals surface area contributed by atoms with E-state index in [1.54, 1.807) is 30.6 Å². The zero-order chi connectivity index (χ0) is 19.2. The van der Waals surface area contributed by atoms with Gasteiger partial charge in [-0.15, -0.1) is 0 Å². The Morgan fingerprint density at radius 1 is 1.00 bits per heavy atom. The van der Waals surface area contributed by atoms with Gasteiger partial charge in [-0.25, -0.2) is 9.97 Å². The molecular weight excluding hydrogens is 383 g/mol. The van der Waals surface area contributed by atoms with Gasteiger partial charge in [-0.3, -0.25) is 4.79 Å². The Kier molecular flexibility index (Phi) is 5.82. The molecule has 0 radical (unpaired) electrons. The second-order valence-electron chi connectivity index (χ2n) is 5.43. The highest BCUT2D eigenvalue weighted by Crippen LogP contribution is 2.30. The number of nitriles is 1. The van der Waals surface area contributed by atoms with Crippen LogP contribution >= 0.6 is 23.2 Å². The Morgan fingerprint density at radius 2 is 1.63 bits per heavy atom. The molecule has 1 aromatic heterocycles. The van der Waals surface area contributed by atoms with Gasteiger partial charge in [0.2, 0.25) is 0 Å². The van der Waals surface area contributed by atoms with Crippen LogP contribution in [0.3, 0.4) is 0 Å². The smallest absolute Gasteiger partial charge is 0.266 e. The van der Waals surface area contributed by atoms with Crippen molar-refractivity contribution in [3.05, 3.63) is 82.1 Å². The zero-order valence-corrected chi connectivity index (χ0v) is 15.4. The molecule has 0 aliphatic heterocycles. The summed E-state index contributed by atoms with van der Waals surface area (Å²) < 4.78 is 0. The van der Waals surface area contributed by atoms with Crippen LogP contribution in [0, 0.1) is 11.3 Å². The lowest BCUT2D eigenvalue weighted by molar-refractivity contribution is -0.112. The molecule has 3 rings (SSSR count). The lowest BCUT2D eigenvalue weighted by Crippen LogP contribution is -2.14. The second-order valence-corrected chi connectivity index (χ2v) is 6.24. The van der Waals surface area contributed by atoms with Crippen LogP contribution < -0.4 is 5.32 Å². The first-order valence-electron chi connectivity index (χ1n) is 7.83. The van der Waals surface area contributed by atoms with E-state index >= 15 is 0 Å². The fourth-order valence-electron chi connectivity index (χ4n) is 2.26. The van der Waals surface area contributed by atoms with Gasteiger partial charge in [0.15, 0.2) is 5.82 Å². The Bertz CT molecular complexity index is 1020. The van der Waals surface area contributed by atoms with Crippen LogP contribution in [0.15, 0.2) is 66.5 Å². The molecule has 3 aromatic rings. The predicted molar refractivity (Wildman–Crippen MR) is 106 cm³/mol. The third kappa shape index (κ3) is 4.50. The van der Waals surface area contributed by atoms with E-state index in [9.17, 15) is 10.1 Å². The van der Waals surface area contributed by atoms with Crippen molar-refractivity contribution in [2.75, 3.05) is 5.32 Å². The number of carbonyl (C=O) groups excluding carboxylic acids is 1. The van der Waals surface area contributed by atoms with Crippen molar-refractivity contribution in [3.63, 3.8) is 0 Å². The minimum absolute atomic E-state index is 0.123. The van der Waals surface area contributed by atoms with Crippen molar-refractivity contribution < 1.29 is 4.79 Å². The molecule has 1 heterocycles. The molecule has 0 atom stereocenters. The summed E-state index contributed by atoms with van der Waals surface area (Å²) in [6.45, 7) is 0. The van der Waals surface area contributed by atoms with Gasteiger partial charge in [-0.1, -0.05) is 59.6 Å². The molecular formula is C20H12Cl2N4O. The molecule has 1 N–H and O–H groups in total. The third-order valence-corrected chi connectivity index (χ3v) is 4.21. The summed E-state index contributed by atoms with van der Waals surface area (Å²) in [5, 5.41) is 12.4. The topological polar surface area (TPSA) is 78.7 Å². The van der Waals surface area contributed by atoms with Crippen LogP contribution in [-0.4, -0.2) is 15.9 Å². The molecule has 1 amide bonds. The van der Waals surface area contributed by atoms with Crippen molar-refractivity contribution in [1.82, 2.24) is 9.97 Å². The normalized spacial score (nSPS) is 10.9. The first-order chi connectivity index (χ1) is 13.1. The van der Waals surface area contributed by atoms with Crippen molar-refractivity contribution in [1.29, 1.82) is 5.26 Å². The van der Waals surface area contributed by atoms with E-state index < -0.39 is 5.91 Å². The standard InChI is InChI=1S/C20H12Cl2N4O/c21-16-7-4-8-17(22)18(16)26-20(27)15(10-23)9-13-11-24-19(25-12-13)14-5-2-1-3-6-14/h1-9,11-12H,(H,26,27). The van der Waals surface area contributed by atoms with E-state index in [0.29, 0.717) is 11.4 Å². The van der Waals surface area contributed by atoms with Gasteiger partial charge in [-0.05, 0) is 18.2 Å². The number of benzene rings is 2. The van der Waals surface area contributed by atoms with Crippen molar-refractivity contribution >= 4 is 40.9 Å². The molecule has 132 valence electrons. The third-order valence-electron chi connectivity index (χ3n) is 3.58. The number of nitrogens with one attached hydrogen (secondary N) is 1. The van der Waals surface area contributed by atoms with E-state index in [1.165, 1.54) is 6.08 Å². The Balaban J connectivity index is 1.82. The van der Waals surface area contributed by atoms with E-state index in [2.05, 4.69) is 15.3 Å². The fraction of sp³-hybridized carbons (Fsp3) is 0. The van der Waals surface area contributed by atoms with Gasteiger partial charge in [-0.2, -0.15) is 5.26 Å². The number of rotatable bonds is 4. The van der Waals surface area contributed by atoms with Gasteiger partial charge in [0.05, 0.1) is 15.7 Å². The minimum Gasteiger partial charge on any atom is -0.319 e. The largest absolute Gasteiger partial charge is 0.319 e. The highest BCUT2D eigenvalue weighted by molar-refractivity contribution is 6.40. The quantitative estimate of drug-likeness (QED) is 0.498. The molecule has 0 aliphatic carbocycles. The molecule has 2 aromatic carbocycles. The van der Waals surface area contributed by atoms with Gasteiger partial charge in [0.1, 0.15) is 11.6 Å². The number of carbonyl (C=O) groups is 1. The maximum Gasteiger partial charge on any atom is 0.266 e. The number of anilines is 1. The fourth-order valence-corrected chi connectivity index (χ4v) is 2.75. The van der Waals surface area contributed by atoms with Crippen molar-refractivity contribution in [3.8, 4) is 17.5 Å². The average molecular weight is 395 g/mol. The van der Waals surface area contributed by atoms with Crippen LogP contribution in [0.2, 0.25) is 10.0 Å². The van der Waals surface area contributed by atoms with Gasteiger partial charge in [0.25, 0.3) is 5.91 Å². The molecule has 7 heteroatoms.